The van der Waals surface area contributed by atoms with Crippen molar-refractivity contribution in [2.24, 2.45) is 5.92 Å². The average Bonchev–Trinajstić information content (AvgIpc) is 2.70. The molecule has 1 aliphatic heterocycles. The van der Waals surface area contributed by atoms with Crippen molar-refractivity contribution in [1.82, 2.24) is 9.88 Å². The molecule has 1 aromatic rings. The quantitative estimate of drug-likeness (QED) is 0.883. The molecule has 0 aliphatic carbocycles. The molecule has 0 saturated carbocycles. The Labute approximate surface area is 115 Å². The van der Waals surface area contributed by atoms with Crippen molar-refractivity contribution in [3.8, 4) is 0 Å². The summed E-state index contributed by atoms with van der Waals surface area (Å²) in [6, 6.07) is 0. The van der Waals surface area contributed by atoms with Gasteiger partial charge in [-0.2, -0.15) is 0 Å². The molecule has 3 nitrogen and oxygen atoms in total. The minimum absolute atomic E-state index is 0.901. The minimum atomic E-state index is 0.901. The molecule has 1 fully saturated rings. The zero-order chi connectivity index (χ0) is 12.8. The van der Waals surface area contributed by atoms with Gasteiger partial charge in [-0.3, -0.25) is 4.90 Å². The summed E-state index contributed by atoms with van der Waals surface area (Å²) in [7, 11) is 0. The number of nitrogens with one attached hydrogen (secondary N) is 1. The molecule has 0 amide bonds. The fraction of sp³-hybridized carbons (Fsp3) is 0.786. The van der Waals surface area contributed by atoms with Crippen LogP contribution in [0.2, 0.25) is 0 Å². The van der Waals surface area contributed by atoms with Gasteiger partial charge < -0.3 is 5.32 Å². The maximum Gasteiger partial charge on any atom is 0.182 e. The number of thiazole rings is 1. The summed E-state index contributed by atoms with van der Waals surface area (Å²) in [6.45, 7) is 9.16. The van der Waals surface area contributed by atoms with Crippen molar-refractivity contribution in [2.75, 3.05) is 25.0 Å². The Balaban J connectivity index is 1.82. The topological polar surface area (TPSA) is 28.2 Å². The summed E-state index contributed by atoms with van der Waals surface area (Å²) in [5.41, 5.74) is 0. The number of nitrogens with zero attached hydrogens (tertiary/aromatic N) is 2. The van der Waals surface area contributed by atoms with Crippen LogP contribution in [0.4, 0.5) is 5.13 Å². The van der Waals surface area contributed by atoms with E-state index in [9.17, 15) is 0 Å². The normalized spacial score (nSPS) is 21.8. The van der Waals surface area contributed by atoms with Crippen LogP contribution in [0.1, 0.15) is 44.4 Å². The van der Waals surface area contributed by atoms with E-state index < -0.39 is 0 Å². The van der Waals surface area contributed by atoms with Gasteiger partial charge in [-0.15, -0.1) is 11.3 Å². The molecule has 1 unspecified atom stereocenters. The van der Waals surface area contributed by atoms with Crippen LogP contribution in [-0.2, 0) is 6.54 Å². The van der Waals surface area contributed by atoms with E-state index >= 15 is 0 Å². The first kappa shape index (κ1) is 13.8. The van der Waals surface area contributed by atoms with Gasteiger partial charge in [0.2, 0.25) is 0 Å². The van der Waals surface area contributed by atoms with Crippen molar-refractivity contribution < 1.29 is 0 Å². The Kier molecular flexibility index (Phi) is 5.45. The Morgan fingerprint density at radius 2 is 2.33 bits per heavy atom. The Morgan fingerprint density at radius 1 is 1.44 bits per heavy atom. The monoisotopic (exact) mass is 267 g/mol. The van der Waals surface area contributed by atoms with Crippen molar-refractivity contribution in [2.45, 2.75) is 46.1 Å². The molecular weight excluding hydrogens is 242 g/mol. The lowest BCUT2D eigenvalue weighted by molar-refractivity contribution is 0.276. The molecule has 1 aromatic heterocycles. The lowest BCUT2D eigenvalue weighted by Gasteiger charge is -2.18. The van der Waals surface area contributed by atoms with E-state index in [-0.39, 0.29) is 0 Å². The smallest absolute Gasteiger partial charge is 0.182 e. The van der Waals surface area contributed by atoms with Gasteiger partial charge in [0.1, 0.15) is 0 Å². The first-order valence-corrected chi connectivity index (χ1v) is 8.00. The van der Waals surface area contributed by atoms with Crippen LogP contribution in [0.25, 0.3) is 0 Å². The fourth-order valence-electron chi connectivity index (χ4n) is 2.40. The zero-order valence-corrected chi connectivity index (χ0v) is 12.4. The molecule has 0 spiro atoms. The lowest BCUT2D eigenvalue weighted by atomic mass is 10.0. The molecule has 1 N–H and O–H groups in total. The van der Waals surface area contributed by atoms with Gasteiger partial charge in [0.15, 0.2) is 5.13 Å². The fourth-order valence-corrected chi connectivity index (χ4v) is 3.28. The maximum absolute atomic E-state index is 4.44. The summed E-state index contributed by atoms with van der Waals surface area (Å²) in [4.78, 5) is 8.41. The third kappa shape index (κ3) is 4.25. The number of anilines is 1. The van der Waals surface area contributed by atoms with Gasteiger partial charge in [-0.25, -0.2) is 4.98 Å². The maximum atomic E-state index is 4.44. The molecule has 1 saturated heterocycles. The number of rotatable bonds is 5. The highest BCUT2D eigenvalue weighted by molar-refractivity contribution is 7.15. The van der Waals surface area contributed by atoms with Crippen molar-refractivity contribution in [3.05, 3.63) is 11.1 Å². The van der Waals surface area contributed by atoms with Crippen molar-refractivity contribution in [3.63, 3.8) is 0 Å². The summed E-state index contributed by atoms with van der Waals surface area (Å²) in [5.74, 6) is 0.901. The van der Waals surface area contributed by atoms with Gasteiger partial charge in [0.05, 0.1) is 0 Å². The van der Waals surface area contributed by atoms with Crippen molar-refractivity contribution >= 4 is 16.5 Å². The van der Waals surface area contributed by atoms with Crippen LogP contribution in [0.15, 0.2) is 6.20 Å². The van der Waals surface area contributed by atoms with E-state index in [1.807, 2.05) is 17.5 Å². The number of hydrogen-bond acceptors (Lipinski definition) is 4. The summed E-state index contributed by atoms with van der Waals surface area (Å²) in [5, 5.41) is 4.44. The van der Waals surface area contributed by atoms with Gasteiger partial charge >= 0.3 is 0 Å². The molecule has 2 heterocycles. The molecule has 18 heavy (non-hydrogen) atoms. The molecule has 0 radical (unpaired) electrons. The van der Waals surface area contributed by atoms with Crippen LogP contribution in [0, 0.1) is 5.92 Å². The van der Waals surface area contributed by atoms with Gasteiger partial charge in [-0.1, -0.05) is 13.8 Å². The minimum Gasteiger partial charge on any atom is -0.362 e. The second kappa shape index (κ2) is 7.10. The highest BCUT2D eigenvalue weighted by Gasteiger charge is 2.14. The first-order valence-electron chi connectivity index (χ1n) is 7.19. The number of hydrogen-bond donors (Lipinski definition) is 1. The molecule has 1 atom stereocenters. The summed E-state index contributed by atoms with van der Waals surface area (Å²) in [6.07, 6.45) is 7.28. The van der Waals surface area contributed by atoms with Crippen LogP contribution in [0.3, 0.4) is 0 Å². The van der Waals surface area contributed by atoms with E-state index in [0.29, 0.717) is 0 Å². The van der Waals surface area contributed by atoms with E-state index in [1.165, 1.54) is 37.2 Å². The largest absolute Gasteiger partial charge is 0.362 e. The first-order chi connectivity index (χ1) is 8.78. The van der Waals surface area contributed by atoms with Crippen LogP contribution >= 0.6 is 11.3 Å². The predicted molar refractivity (Wildman–Crippen MR) is 79.2 cm³/mol. The van der Waals surface area contributed by atoms with E-state index in [0.717, 1.165) is 30.6 Å². The number of likely N-dealkylation sites (tertiary alicyclic amines) is 1. The van der Waals surface area contributed by atoms with Crippen LogP contribution in [-0.4, -0.2) is 29.5 Å². The summed E-state index contributed by atoms with van der Waals surface area (Å²) < 4.78 is 0. The zero-order valence-electron chi connectivity index (χ0n) is 11.6. The van der Waals surface area contributed by atoms with Crippen LogP contribution in [0.5, 0.6) is 0 Å². The second-order valence-electron chi connectivity index (χ2n) is 5.37. The molecule has 0 aromatic carbocycles. The predicted octanol–water partition coefficient (Wildman–Crippen LogP) is 3.59. The van der Waals surface area contributed by atoms with E-state index in [2.05, 4.69) is 29.0 Å². The lowest BCUT2D eigenvalue weighted by Crippen LogP contribution is -2.23. The molecule has 2 rings (SSSR count). The van der Waals surface area contributed by atoms with Crippen molar-refractivity contribution in [1.29, 1.82) is 0 Å². The Hall–Kier alpha value is -0.610. The highest BCUT2D eigenvalue weighted by Crippen LogP contribution is 2.22. The molecule has 4 heteroatoms. The second-order valence-corrected chi connectivity index (χ2v) is 6.49. The molecule has 1 aliphatic rings. The van der Waals surface area contributed by atoms with Gasteiger partial charge in [-0.05, 0) is 44.7 Å². The average molecular weight is 267 g/mol. The molecule has 0 bridgehead atoms. The van der Waals surface area contributed by atoms with Gasteiger partial charge in [0.25, 0.3) is 0 Å². The summed E-state index contributed by atoms with van der Waals surface area (Å²) >= 11 is 1.81. The van der Waals surface area contributed by atoms with E-state index in [1.54, 1.807) is 0 Å². The highest BCUT2D eigenvalue weighted by atomic mass is 32.1. The molecule has 102 valence electrons. The third-order valence-electron chi connectivity index (χ3n) is 3.57. The standard InChI is InChI=1S/C14H25N3S/c1-3-7-15-14-16-10-13(18-14)11-17-8-4-5-12(2)6-9-17/h10,12H,3-9,11H2,1-2H3,(H,15,16). The third-order valence-corrected chi connectivity index (χ3v) is 4.51. The molecular formula is C14H25N3S. The Morgan fingerprint density at radius 3 is 3.17 bits per heavy atom. The SMILES string of the molecule is CCCNc1ncc(CN2CCCC(C)CC2)s1. The van der Waals surface area contributed by atoms with E-state index in [4.69, 9.17) is 0 Å². The van der Waals surface area contributed by atoms with Gasteiger partial charge in [0, 0.05) is 24.2 Å². The Bertz CT molecular complexity index is 351. The number of aromatic nitrogens is 1. The van der Waals surface area contributed by atoms with Crippen LogP contribution < -0.4 is 5.32 Å².